The third-order valence-corrected chi connectivity index (χ3v) is 5.32. The van der Waals surface area contributed by atoms with Gasteiger partial charge in [-0.1, -0.05) is 12.8 Å². The van der Waals surface area contributed by atoms with Crippen molar-refractivity contribution in [2.24, 2.45) is 0 Å². The lowest BCUT2D eigenvalue weighted by Gasteiger charge is -2.26. The van der Waals surface area contributed by atoms with Crippen molar-refractivity contribution >= 4 is 17.3 Å². The first-order valence-electron chi connectivity index (χ1n) is 9.33. The number of hydrogen-bond acceptors (Lipinski definition) is 5. The van der Waals surface area contributed by atoms with Crippen LogP contribution in [0.2, 0.25) is 0 Å². The number of phenols is 1. The third kappa shape index (κ3) is 3.46. The number of nitriles is 1. The molecular weight excluding hydrogens is 361 g/mol. The molecule has 1 atom stereocenters. The summed E-state index contributed by atoms with van der Waals surface area (Å²) in [6, 6.07) is 9.24. The number of carbonyl (C=O) groups is 1. The molecule has 6 nitrogen and oxygen atoms in total. The Kier molecular flexibility index (Phi) is 4.78. The number of amides is 1. The van der Waals surface area contributed by atoms with Crippen LogP contribution in [0.15, 0.2) is 30.3 Å². The Morgan fingerprint density at radius 1 is 1.29 bits per heavy atom. The molecule has 1 aliphatic heterocycles. The highest BCUT2D eigenvalue weighted by Gasteiger charge is 2.28. The Morgan fingerprint density at radius 3 is 2.82 bits per heavy atom. The number of carbonyl (C=O) groups excluding carboxylic acids is 1. The first kappa shape index (κ1) is 18.1. The van der Waals surface area contributed by atoms with Gasteiger partial charge in [-0.3, -0.25) is 4.79 Å². The maximum absolute atomic E-state index is 13.4. The fourth-order valence-electron chi connectivity index (χ4n) is 3.86. The molecule has 1 aliphatic carbocycles. The smallest absolute Gasteiger partial charge is 0.267 e. The van der Waals surface area contributed by atoms with Crippen LogP contribution < -0.4 is 15.4 Å². The Bertz CT molecular complexity index is 964. The molecule has 0 radical (unpaired) electrons. The first-order valence-corrected chi connectivity index (χ1v) is 9.33. The van der Waals surface area contributed by atoms with Crippen molar-refractivity contribution in [3.63, 3.8) is 0 Å². The molecule has 1 unspecified atom stereocenters. The van der Waals surface area contributed by atoms with E-state index < -0.39 is 17.8 Å². The van der Waals surface area contributed by atoms with Crippen molar-refractivity contribution in [1.82, 2.24) is 0 Å². The standard InChI is InChI=1S/C21H20FN3O3/c22-14-5-6-16-19(8-14)28-20(11-24-16)21(27)25-17-9-18(26)15(7-13(17)10-23)12-3-1-2-4-12/h5-9,12,20,24,26H,1-4,11H2,(H,25,27). The number of hydrogen-bond donors (Lipinski definition) is 3. The van der Waals surface area contributed by atoms with Crippen LogP contribution in [0.25, 0.3) is 0 Å². The van der Waals surface area contributed by atoms with E-state index in [1.54, 1.807) is 12.1 Å². The number of phenolic OH excluding ortho intramolecular Hbond substituents is 1. The van der Waals surface area contributed by atoms with Gasteiger partial charge in [-0.25, -0.2) is 4.39 Å². The Morgan fingerprint density at radius 2 is 2.07 bits per heavy atom. The lowest BCUT2D eigenvalue weighted by Crippen LogP contribution is -2.41. The van der Waals surface area contributed by atoms with Gasteiger partial charge in [-0.15, -0.1) is 0 Å². The van der Waals surface area contributed by atoms with Crippen molar-refractivity contribution in [3.05, 3.63) is 47.3 Å². The second-order valence-electron chi connectivity index (χ2n) is 7.17. The van der Waals surface area contributed by atoms with E-state index >= 15 is 0 Å². The molecule has 7 heteroatoms. The topological polar surface area (TPSA) is 94.4 Å². The van der Waals surface area contributed by atoms with Gasteiger partial charge in [0, 0.05) is 12.1 Å². The molecule has 0 aromatic heterocycles. The molecule has 1 heterocycles. The van der Waals surface area contributed by atoms with Gasteiger partial charge in [0.05, 0.1) is 23.5 Å². The molecule has 3 N–H and O–H groups in total. The molecule has 28 heavy (non-hydrogen) atoms. The predicted octanol–water partition coefficient (Wildman–Crippen LogP) is 3.87. The predicted molar refractivity (Wildman–Crippen MR) is 102 cm³/mol. The average Bonchev–Trinajstić information content (AvgIpc) is 3.22. The van der Waals surface area contributed by atoms with Crippen LogP contribution in [0.5, 0.6) is 11.5 Å². The van der Waals surface area contributed by atoms with E-state index in [9.17, 15) is 19.6 Å². The molecule has 1 fully saturated rings. The molecule has 2 aromatic carbocycles. The fraction of sp³-hybridized carbons (Fsp3) is 0.333. The van der Waals surface area contributed by atoms with Crippen molar-refractivity contribution in [1.29, 1.82) is 5.26 Å². The molecule has 2 aliphatic rings. The zero-order chi connectivity index (χ0) is 19.7. The Labute approximate surface area is 161 Å². The van der Waals surface area contributed by atoms with Crippen LogP contribution in [-0.2, 0) is 4.79 Å². The molecule has 0 saturated heterocycles. The number of aromatic hydroxyl groups is 1. The highest BCUT2D eigenvalue weighted by molar-refractivity contribution is 5.96. The summed E-state index contributed by atoms with van der Waals surface area (Å²) in [7, 11) is 0. The molecule has 2 aromatic rings. The Hall–Kier alpha value is -3.27. The van der Waals surface area contributed by atoms with Crippen LogP contribution >= 0.6 is 0 Å². The van der Waals surface area contributed by atoms with Crippen molar-refractivity contribution in [2.75, 3.05) is 17.2 Å². The van der Waals surface area contributed by atoms with Crippen LogP contribution in [0, 0.1) is 17.1 Å². The minimum Gasteiger partial charge on any atom is -0.508 e. The van der Waals surface area contributed by atoms with Gasteiger partial charge in [0.1, 0.15) is 23.4 Å². The minimum absolute atomic E-state index is 0.0799. The van der Waals surface area contributed by atoms with E-state index in [-0.39, 0.29) is 29.6 Å². The number of fused-ring (bicyclic) bond motifs is 1. The summed E-state index contributed by atoms with van der Waals surface area (Å²) in [5.41, 5.74) is 1.90. The van der Waals surface area contributed by atoms with Gasteiger partial charge < -0.3 is 20.5 Å². The number of halogens is 1. The van der Waals surface area contributed by atoms with E-state index in [4.69, 9.17) is 4.74 Å². The van der Waals surface area contributed by atoms with Gasteiger partial charge in [0.25, 0.3) is 5.91 Å². The number of nitrogens with zero attached hydrogens (tertiary/aromatic N) is 1. The molecule has 4 rings (SSSR count). The Balaban J connectivity index is 1.53. The molecule has 1 saturated carbocycles. The van der Waals surface area contributed by atoms with Gasteiger partial charge in [0.2, 0.25) is 0 Å². The second-order valence-corrected chi connectivity index (χ2v) is 7.17. The summed E-state index contributed by atoms with van der Waals surface area (Å²) in [5.74, 6) is -0.357. The lowest BCUT2D eigenvalue weighted by atomic mass is 9.94. The van der Waals surface area contributed by atoms with E-state index in [0.29, 0.717) is 11.3 Å². The van der Waals surface area contributed by atoms with Gasteiger partial charge in [-0.2, -0.15) is 5.26 Å². The maximum Gasteiger partial charge on any atom is 0.267 e. The molecule has 144 valence electrons. The zero-order valence-corrected chi connectivity index (χ0v) is 15.2. The number of rotatable bonds is 3. The number of nitrogens with one attached hydrogen (secondary N) is 2. The van der Waals surface area contributed by atoms with Gasteiger partial charge in [0.15, 0.2) is 6.10 Å². The van der Waals surface area contributed by atoms with Gasteiger partial charge >= 0.3 is 0 Å². The summed E-state index contributed by atoms with van der Waals surface area (Å²) in [6.07, 6.45) is 3.30. The summed E-state index contributed by atoms with van der Waals surface area (Å²) < 4.78 is 19.0. The van der Waals surface area contributed by atoms with E-state index in [0.717, 1.165) is 31.2 Å². The van der Waals surface area contributed by atoms with Crippen molar-refractivity contribution in [3.8, 4) is 17.6 Å². The molecule has 0 bridgehead atoms. The summed E-state index contributed by atoms with van der Waals surface area (Å²) in [6.45, 7) is 0.207. The van der Waals surface area contributed by atoms with Crippen LogP contribution in [0.1, 0.15) is 42.7 Å². The minimum atomic E-state index is -0.891. The molecule has 1 amide bonds. The van der Waals surface area contributed by atoms with E-state index in [2.05, 4.69) is 16.7 Å². The largest absolute Gasteiger partial charge is 0.508 e. The van der Waals surface area contributed by atoms with Crippen LogP contribution in [0.4, 0.5) is 15.8 Å². The highest BCUT2D eigenvalue weighted by Crippen LogP contribution is 2.40. The molecule has 0 spiro atoms. The normalized spacial score (nSPS) is 18.5. The van der Waals surface area contributed by atoms with E-state index in [1.165, 1.54) is 18.2 Å². The van der Waals surface area contributed by atoms with Crippen molar-refractivity contribution in [2.45, 2.75) is 37.7 Å². The van der Waals surface area contributed by atoms with Crippen molar-refractivity contribution < 1.29 is 19.0 Å². The van der Waals surface area contributed by atoms with E-state index in [1.807, 2.05) is 0 Å². The van der Waals surface area contributed by atoms with Crippen LogP contribution in [0.3, 0.4) is 0 Å². The fourth-order valence-corrected chi connectivity index (χ4v) is 3.86. The highest BCUT2D eigenvalue weighted by atomic mass is 19.1. The summed E-state index contributed by atoms with van der Waals surface area (Å²) in [5, 5.41) is 25.6. The third-order valence-electron chi connectivity index (χ3n) is 5.32. The monoisotopic (exact) mass is 381 g/mol. The SMILES string of the molecule is N#Cc1cc(C2CCCC2)c(O)cc1NC(=O)C1CNc2ccc(F)cc2O1. The summed E-state index contributed by atoms with van der Waals surface area (Å²) in [4.78, 5) is 12.6. The summed E-state index contributed by atoms with van der Waals surface area (Å²) >= 11 is 0. The van der Waals surface area contributed by atoms with Crippen LogP contribution in [-0.4, -0.2) is 23.7 Å². The quantitative estimate of drug-likeness (QED) is 0.750. The average molecular weight is 381 g/mol. The molecular formula is C21H20FN3O3. The first-order chi connectivity index (χ1) is 13.5. The number of anilines is 2. The lowest BCUT2D eigenvalue weighted by molar-refractivity contribution is -0.122. The maximum atomic E-state index is 13.4. The van der Waals surface area contributed by atoms with Gasteiger partial charge in [-0.05, 0) is 42.5 Å². The number of ether oxygens (including phenoxy) is 1. The second kappa shape index (κ2) is 7.39. The zero-order valence-electron chi connectivity index (χ0n) is 15.2. The number of benzene rings is 2.